The lowest BCUT2D eigenvalue weighted by molar-refractivity contribution is 0.347. The van der Waals surface area contributed by atoms with Crippen LogP contribution in [0.4, 0.5) is 11.4 Å². The number of nitrogens with one attached hydrogen (secondary N) is 2. The molecule has 196 valence electrons. The molecule has 37 heavy (non-hydrogen) atoms. The Morgan fingerprint density at radius 2 is 1.89 bits per heavy atom. The van der Waals surface area contributed by atoms with Gasteiger partial charge in [0.15, 0.2) is 5.84 Å². The van der Waals surface area contributed by atoms with Crippen LogP contribution in [0.25, 0.3) is 11.1 Å². The van der Waals surface area contributed by atoms with Crippen molar-refractivity contribution in [1.82, 2.24) is 4.57 Å². The second-order valence-electron chi connectivity index (χ2n) is 10.0. The maximum absolute atomic E-state index is 13.8. The van der Waals surface area contributed by atoms with Crippen molar-refractivity contribution in [3.63, 3.8) is 0 Å². The van der Waals surface area contributed by atoms with Crippen molar-refractivity contribution in [3.05, 3.63) is 70.6 Å². The van der Waals surface area contributed by atoms with Gasteiger partial charge in [-0.05, 0) is 35.6 Å². The molecule has 1 aliphatic heterocycles. The predicted octanol–water partition coefficient (Wildman–Crippen LogP) is 4.70. The second-order valence-corrected chi connectivity index (χ2v) is 13.2. The first-order valence-electron chi connectivity index (χ1n) is 11.7. The van der Waals surface area contributed by atoms with Crippen molar-refractivity contribution in [2.24, 2.45) is 10.2 Å². The summed E-state index contributed by atoms with van der Waals surface area (Å²) in [6.45, 7) is 6.69. The highest BCUT2D eigenvalue weighted by molar-refractivity contribution is 7.85. The van der Waals surface area contributed by atoms with Crippen LogP contribution in [0.1, 0.15) is 32.8 Å². The molecule has 0 radical (unpaired) electrons. The van der Waals surface area contributed by atoms with Gasteiger partial charge in [0, 0.05) is 37.4 Å². The number of hydrogen-bond donors (Lipinski definition) is 3. The SMILES string of the molecule is COP1(=O)N=C(c2c(O)c(-c3ccccc3)cn(CCC(C)(C)C)c2=O)Nc2ccc(NS(C)=O)cc21. The van der Waals surface area contributed by atoms with E-state index in [9.17, 15) is 18.7 Å². The Balaban J connectivity index is 1.90. The zero-order chi connectivity index (χ0) is 27.0. The first-order chi connectivity index (χ1) is 17.4. The molecule has 0 bridgehead atoms. The van der Waals surface area contributed by atoms with Gasteiger partial charge in [0.1, 0.15) is 22.3 Å². The van der Waals surface area contributed by atoms with E-state index in [1.54, 1.807) is 29.0 Å². The number of nitrogens with zero attached hydrogens (tertiary/aromatic N) is 2. The lowest BCUT2D eigenvalue weighted by atomic mass is 9.92. The van der Waals surface area contributed by atoms with Gasteiger partial charge in [-0.3, -0.25) is 9.36 Å². The number of aryl methyl sites for hydroxylation is 1. The first-order valence-corrected chi connectivity index (χ1v) is 14.9. The van der Waals surface area contributed by atoms with E-state index in [0.717, 1.165) is 12.0 Å². The molecule has 1 aromatic heterocycles. The number of aromatic nitrogens is 1. The summed E-state index contributed by atoms with van der Waals surface area (Å²) in [5.74, 6) is -0.303. The monoisotopic (exact) mass is 542 g/mol. The lowest BCUT2D eigenvalue weighted by Crippen LogP contribution is -2.34. The third kappa shape index (κ3) is 5.71. The van der Waals surface area contributed by atoms with Crippen LogP contribution in [-0.2, 0) is 26.6 Å². The van der Waals surface area contributed by atoms with Gasteiger partial charge in [0.25, 0.3) is 5.56 Å². The molecule has 9 nitrogen and oxygen atoms in total. The van der Waals surface area contributed by atoms with E-state index >= 15 is 0 Å². The fourth-order valence-corrected chi connectivity index (χ4v) is 6.01. The van der Waals surface area contributed by atoms with E-state index < -0.39 is 24.1 Å². The zero-order valence-electron chi connectivity index (χ0n) is 21.4. The largest absolute Gasteiger partial charge is 0.506 e. The van der Waals surface area contributed by atoms with Gasteiger partial charge in [-0.1, -0.05) is 51.1 Å². The summed E-state index contributed by atoms with van der Waals surface area (Å²) >= 11 is 0. The molecule has 3 N–H and O–H groups in total. The second kappa shape index (κ2) is 10.3. The first kappa shape index (κ1) is 26.9. The number of hydrogen-bond acceptors (Lipinski definition) is 6. The molecule has 11 heteroatoms. The van der Waals surface area contributed by atoms with E-state index in [4.69, 9.17) is 4.52 Å². The van der Waals surface area contributed by atoms with Crippen molar-refractivity contribution >= 4 is 41.0 Å². The van der Waals surface area contributed by atoms with Crippen molar-refractivity contribution in [2.75, 3.05) is 23.4 Å². The molecule has 0 saturated carbocycles. The highest BCUT2D eigenvalue weighted by Crippen LogP contribution is 2.52. The number of aromatic hydroxyl groups is 1. The van der Waals surface area contributed by atoms with Gasteiger partial charge in [-0.2, -0.15) is 4.76 Å². The summed E-state index contributed by atoms with van der Waals surface area (Å²) in [5.41, 5.74) is 1.50. The van der Waals surface area contributed by atoms with E-state index in [-0.39, 0.29) is 27.9 Å². The van der Waals surface area contributed by atoms with Crippen molar-refractivity contribution in [3.8, 4) is 16.9 Å². The standard InChI is InChI=1S/C26H31N4O5PS/c1-26(2,3)13-14-30-16-19(17-9-7-6-8-10-17)23(31)22(25(30)32)24-27-20-12-11-18(29-37(5)34)15-21(20)36(33,28-24)35-4/h6-12,15-16,29,31H,13-14H2,1-5H3,(H,27,28,33). The third-order valence-electron chi connectivity index (χ3n) is 5.97. The van der Waals surface area contributed by atoms with E-state index in [1.165, 1.54) is 13.4 Å². The van der Waals surface area contributed by atoms with E-state index in [0.29, 0.717) is 23.5 Å². The maximum atomic E-state index is 13.8. The molecule has 2 aromatic carbocycles. The van der Waals surface area contributed by atoms with Crippen molar-refractivity contribution in [1.29, 1.82) is 0 Å². The zero-order valence-corrected chi connectivity index (χ0v) is 23.2. The Hall–Kier alpha value is -3.20. The fourth-order valence-electron chi connectivity index (χ4n) is 4.01. The van der Waals surface area contributed by atoms with Crippen LogP contribution in [0.5, 0.6) is 5.75 Å². The minimum Gasteiger partial charge on any atom is -0.506 e. The van der Waals surface area contributed by atoms with Crippen LogP contribution >= 0.6 is 7.52 Å². The molecule has 2 atom stereocenters. The predicted molar refractivity (Wildman–Crippen MR) is 150 cm³/mol. The summed E-state index contributed by atoms with van der Waals surface area (Å²) in [5, 5.41) is 14.7. The average molecular weight is 543 g/mol. The minimum atomic E-state index is -3.83. The Morgan fingerprint density at radius 3 is 2.51 bits per heavy atom. The van der Waals surface area contributed by atoms with Crippen LogP contribution in [0.15, 0.2) is 64.3 Å². The summed E-state index contributed by atoms with van der Waals surface area (Å²) in [4.78, 5) is 13.7. The van der Waals surface area contributed by atoms with Crippen LogP contribution in [0, 0.1) is 5.41 Å². The van der Waals surface area contributed by atoms with Crippen LogP contribution in [0.3, 0.4) is 0 Å². The Morgan fingerprint density at radius 1 is 1.19 bits per heavy atom. The van der Waals surface area contributed by atoms with Crippen LogP contribution < -0.4 is 20.9 Å². The van der Waals surface area contributed by atoms with Crippen LogP contribution in [0.2, 0.25) is 0 Å². The van der Waals surface area contributed by atoms with E-state index in [1.807, 2.05) is 30.3 Å². The van der Waals surface area contributed by atoms with Gasteiger partial charge in [-0.25, -0.2) is 4.21 Å². The summed E-state index contributed by atoms with van der Waals surface area (Å²) in [6.07, 6.45) is 3.86. The third-order valence-corrected chi connectivity index (χ3v) is 8.43. The smallest absolute Gasteiger partial charge is 0.348 e. The molecule has 4 rings (SSSR count). The maximum Gasteiger partial charge on any atom is 0.348 e. The Labute approximate surface area is 218 Å². The van der Waals surface area contributed by atoms with Crippen molar-refractivity contribution < 1.29 is 18.4 Å². The van der Waals surface area contributed by atoms with Gasteiger partial charge in [0.05, 0.1) is 11.0 Å². The number of rotatable bonds is 7. The molecule has 2 heterocycles. The molecule has 3 aromatic rings. The topological polar surface area (TPSA) is 122 Å². The normalized spacial score (nSPS) is 17.9. The van der Waals surface area contributed by atoms with E-state index in [2.05, 4.69) is 35.6 Å². The Kier molecular flexibility index (Phi) is 7.46. The number of fused-ring (bicyclic) bond motifs is 1. The van der Waals surface area contributed by atoms with Crippen molar-refractivity contribution in [2.45, 2.75) is 33.7 Å². The Bertz CT molecular complexity index is 1500. The number of amidine groups is 1. The molecule has 0 aliphatic carbocycles. The van der Waals surface area contributed by atoms with Gasteiger partial charge >= 0.3 is 7.52 Å². The molecule has 0 amide bonds. The summed E-state index contributed by atoms with van der Waals surface area (Å²) in [7, 11) is -3.89. The highest BCUT2D eigenvalue weighted by Gasteiger charge is 2.35. The number of anilines is 2. The summed E-state index contributed by atoms with van der Waals surface area (Å²) in [6, 6.07) is 14.1. The highest BCUT2D eigenvalue weighted by atomic mass is 32.2. The number of benzene rings is 2. The van der Waals surface area contributed by atoms with Gasteiger partial charge in [0.2, 0.25) is 0 Å². The molecular weight excluding hydrogens is 511 g/mol. The minimum absolute atomic E-state index is 0.0242. The molecular formula is C26H31N4O5PS. The van der Waals surface area contributed by atoms with Gasteiger partial charge < -0.3 is 24.2 Å². The lowest BCUT2D eigenvalue weighted by Gasteiger charge is -2.26. The fraction of sp³-hybridized carbons (Fsp3) is 0.308. The number of pyridine rings is 1. The summed E-state index contributed by atoms with van der Waals surface area (Å²) < 4.78 is 39.5. The molecule has 0 fully saturated rings. The molecule has 0 spiro atoms. The quantitative estimate of drug-likeness (QED) is 0.372. The molecule has 2 unspecified atom stereocenters. The molecule has 0 saturated heterocycles. The van der Waals surface area contributed by atoms with Gasteiger partial charge in [-0.15, -0.1) is 0 Å². The van der Waals surface area contributed by atoms with Crippen LogP contribution in [-0.4, -0.2) is 33.1 Å². The molecule has 1 aliphatic rings. The average Bonchev–Trinajstić information content (AvgIpc) is 2.83.